The van der Waals surface area contributed by atoms with Gasteiger partial charge in [0.05, 0.1) is 5.57 Å². The molecule has 1 aliphatic heterocycles. The molecule has 0 unspecified atom stereocenters. The lowest BCUT2D eigenvalue weighted by atomic mass is 9.94. The van der Waals surface area contributed by atoms with Gasteiger partial charge in [0.2, 0.25) is 0 Å². The van der Waals surface area contributed by atoms with E-state index in [1.807, 2.05) is 32.0 Å². The average molecular weight is 318 g/mol. The van der Waals surface area contributed by atoms with Gasteiger partial charge in [-0.2, -0.15) is 0 Å². The number of hydrogen-bond acceptors (Lipinski definition) is 2. The van der Waals surface area contributed by atoms with Crippen molar-refractivity contribution in [2.45, 2.75) is 52.0 Å². The summed E-state index contributed by atoms with van der Waals surface area (Å²) in [5, 5.41) is 0.0684. The summed E-state index contributed by atoms with van der Waals surface area (Å²) >= 11 is 6.23. The molecular weight excluding hydrogens is 298 g/mol. The zero-order valence-electron chi connectivity index (χ0n) is 13.0. The number of nitrogens with zero attached hydrogens (tertiary/aromatic N) is 1. The van der Waals surface area contributed by atoms with Crippen LogP contribution in [0.1, 0.15) is 48.8 Å². The second kappa shape index (κ2) is 5.88. The number of hydrogen-bond donors (Lipinski definition) is 0. The highest BCUT2D eigenvalue weighted by Gasteiger charge is 2.42. The summed E-state index contributed by atoms with van der Waals surface area (Å²) in [6, 6.07) is 5.77. The molecule has 0 bridgehead atoms. The number of benzene rings is 1. The summed E-state index contributed by atoms with van der Waals surface area (Å²) < 4.78 is 0. The molecular formula is C18H20ClNO2. The first-order valence-electron chi connectivity index (χ1n) is 7.86. The third kappa shape index (κ3) is 2.48. The Morgan fingerprint density at radius 3 is 2.32 bits per heavy atom. The first-order valence-corrected chi connectivity index (χ1v) is 8.24. The Labute approximate surface area is 135 Å². The van der Waals surface area contributed by atoms with Crippen LogP contribution in [0.25, 0.3) is 5.57 Å². The lowest BCUT2D eigenvalue weighted by molar-refractivity contribution is -0.139. The van der Waals surface area contributed by atoms with Gasteiger partial charge in [0, 0.05) is 6.04 Å². The van der Waals surface area contributed by atoms with Gasteiger partial charge in [-0.25, -0.2) is 0 Å². The van der Waals surface area contributed by atoms with E-state index in [4.69, 9.17) is 11.6 Å². The van der Waals surface area contributed by atoms with Crippen molar-refractivity contribution in [3.8, 4) is 0 Å². The van der Waals surface area contributed by atoms with Crippen molar-refractivity contribution in [2.75, 3.05) is 0 Å². The van der Waals surface area contributed by atoms with Crippen LogP contribution in [0.3, 0.4) is 0 Å². The molecule has 2 amide bonds. The number of halogens is 1. The Bertz CT molecular complexity index is 672. The van der Waals surface area contributed by atoms with E-state index in [1.54, 1.807) is 0 Å². The van der Waals surface area contributed by atoms with Crippen molar-refractivity contribution in [3.63, 3.8) is 0 Å². The number of aryl methyl sites for hydroxylation is 2. The Morgan fingerprint density at radius 2 is 1.68 bits per heavy atom. The molecule has 1 aliphatic carbocycles. The molecule has 4 heteroatoms. The van der Waals surface area contributed by atoms with Crippen LogP contribution < -0.4 is 0 Å². The normalized spacial score (nSPS) is 20.2. The van der Waals surface area contributed by atoms with Gasteiger partial charge in [-0.3, -0.25) is 14.5 Å². The average Bonchev–Trinajstić information content (AvgIpc) is 2.73. The van der Waals surface area contributed by atoms with Gasteiger partial charge in [0.15, 0.2) is 0 Å². The Balaban J connectivity index is 1.96. The minimum atomic E-state index is -0.327. The zero-order valence-corrected chi connectivity index (χ0v) is 13.7. The molecule has 1 fully saturated rings. The fourth-order valence-corrected chi connectivity index (χ4v) is 3.62. The maximum absolute atomic E-state index is 12.8. The quantitative estimate of drug-likeness (QED) is 0.774. The molecule has 0 radical (unpaired) electrons. The number of imide groups is 1. The van der Waals surface area contributed by atoms with Crippen molar-refractivity contribution < 1.29 is 9.59 Å². The summed E-state index contributed by atoms with van der Waals surface area (Å²) in [4.78, 5) is 26.6. The number of carbonyl (C=O) groups is 2. The van der Waals surface area contributed by atoms with Crippen molar-refractivity contribution >= 4 is 29.0 Å². The highest BCUT2D eigenvalue weighted by Crippen LogP contribution is 2.36. The van der Waals surface area contributed by atoms with E-state index in [1.165, 1.54) is 11.3 Å². The summed E-state index contributed by atoms with van der Waals surface area (Å²) in [6.07, 6.45) is 5.10. The zero-order chi connectivity index (χ0) is 15.9. The predicted octanol–water partition coefficient (Wildman–Crippen LogP) is 3.95. The summed E-state index contributed by atoms with van der Waals surface area (Å²) in [5.41, 5.74) is 3.34. The van der Waals surface area contributed by atoms with Crippen LogP contribution in [-0.4, -0.2) is 22.8 Å². The lowest BCUT2D eigenvalue weighted by Gasteiger charge is -2.29. The van der Waals surface area contributed by atoms with Gasteiger partial charge in [-0.15, -0.1) is 0 Å². The fourth-order valence-electron chi connectivity index (χ4n) is 3.34. The first-order chi connectivity index (χ1) is 10.5. The van der Waals surface area contributed by atoms with Gasteiger partial charge >= 0.3 is 0 Å². The van der Waals surface area contributed by atoms with E-state index in [9.17, 15) is 9.59 Å². The second-order valence-electron chi connectivity index (χ2n) is 6.26. The van der Waals surface area contributed by atoms with Gasteiger partial charge in [0.1, 0.15) is 5.03 Å². The van der Waals surface area contributed by atoms with E-state index < -0.39 is 0 Å². The van der Waals surface area contributed by atoms with Crippen LogP contribution in [0.4, 0.5) is 0 Å². The van der Waals surface area contributed by atoms with Crippen molar-refractivity contribution in [3.05, 3.63) is 39.9 Å². The van der Waals surface area contributed by atoms with Gasteiger partial charge < -0.3 is 0 Å². The standard InChI is InChI=1S/C18H20ClNO2/c1-11-8-9-13(10-12(11)2)15-16(19)18(22)20(17(15)21)14-6-4-3-5-7-14/h8-10,14H,3-7H2,1-2H3. The molecule has 0 atom stereocenters. The van der Waals surface area contributed by atoms with E-state index in [-0.39, 0.29) is 22.9 Å². The minimum absolute atomic E-state index is 0.00606. The topological polar surface area (TPSA) is 37.4 Å². The third-order valence-electron chi connectivity index (χ3n) is 4.79. The molecule has 1 aromatic carbocycles. The largest absolute Gasteiger partial charge is 0.273 e. The van der Waals surface area contributed by atoms with Gasteiger partial charge in [-0.05, 0) is 43.4 Å². The Kier molecular flexibility index (Phi) is 4.09. The Morgan fingerprint density at radius 1 is 1.00 bits per heavy atom. The fraction of sp³-hybridized carbons (Fsp3) is 0.444. The molecule has 1 aromatic rings. The summed E-state index contributed by atoms with van der Waals surface area (Å²) in [5.74, 6) is -0.558. The molecule has 116 valence electrons. The second-order valence-corrected chi connectivity index (χ2v) is 6.64. The van der Waals surface area contributed by atoms with Crippen molar-refractivity contribution in [2.24, 2.45) is 0 Å². The van der Waals surface area contributed by atoms with Crippen LogP contribution in [0.15, 0.2) is 23.2 Å². The number of rotatable bonds is 2. The van der Waals surface area contributed by atoms with E-state index in [0.717, 1.165) is 42.4 Å². The van der Waals surface area contributed by atoms with Crippen LogP contribution in [0, 0.1) is 13.8 Å². The van der Waals surface area contributed by atoms with Crippen molar-refractivity contribution in [1.29, 1.82) is 0 Å². The molecule has 1 heterocycles. The van der Waals surface area contributed by atoms with Gasteiger partial charge in [0.25, 0.3) is 11.8 Å². The SMILES string of the molecule is Cc1ccc(C2=C(Cl)C(=O)N(C3CCCCC3)C2=O)cc1C. The maximum Gasteiger partial charge on any atom is 0.273 e. The van der Waals surface area contributed by atoms with Crippen molar-refractivity contribution in [1.82, 2.24) is 4.90 Å². The van der Waals surface area contributed by atoms with E-state index in [0.29, 0.717) is 5.57 Å². The van der Waals surface area contributed by atoms with Crippen LogP contribution in [0.5, 0.6) is 0 Å². The van der Waals surface area contributed by atoms with E-state index in [2.05, 4.69) is 0 Å². The number of carbonyl (C=O) groups excluding carboxylic acids is 2. The minimum Gasteiger partial charge on any atom is -0.270 e. The molecule has 3 rings (SSSR count). The highest BCUT2D eigenvalue weighted by atomic mass is 35.5. The monoisotopic (exact) mass is 317 g/mol. The maximum atomic E-state index is 12.8. The lowest BCUT2D eigenvalue weighted by Crippen LogP contribution is -2.41. The Hall–Kier alpha value is -1.61. The molecule has 3 nitrogen and oxygen atoms in total. The van der Waals surface area contributed by atoms with Gasteiger partial charge in [-0.1, -0.05) is 49.1 Å². The molecule has 0 spiro atoms. The molecule has 0 aromatic heterocycles. The molecule has 0 N–H and O–H groups in total. The smallest absolute Gasteiger partial charge is 0.270 e. The summed E-state index contributed by atoms with van der Waals surface area (Å²) in [7, 11) is 0. The molecule has 1 saturated carbocycles. The van der Waals surface area contributed by atoms with Crippen LogP contribution >= 0.6 is 11.6 Å². The number of amides is 2. The predicted molar refractivity (Wildman–Crippen MR) is 87.4 cm³/mol. The molecule has 2 aliphatic rings. The van der Waals surface area contributed by atoms with Crippen LogP contribution in [0.2, 0.25) is 0 Å². The summed E-state index contributed by atoms with van der Waals surface area (Å²) in [6.45, 7) is 4.01. The first kappa shape index (κ1) is 15.3. The third-order valence-corrected chi connectivity index (χ3v) is 5.14. The molecule has 0 saturated heterocycles. The molecule has 22 heavy (non-hydrogen) atoms. The highest BCUT2D eigenvalue weighted by molar-refractivity contribution is 6.55. The van der Waals surface area contributed by atoms with E-state index >= 15 is 0 Å². The van der Waals surface area contributed by atoms with Crippen LogP contribution in [-0.2, 0) is 9.59 Å².